The molecule has 4 atom stereocenters. The highest BCUT2D eigenvalue weighted by molar-refractivity contribution is 8.66. The lowest BCUT2D eigenvalue weighted by Crippen LogP contribution is -2.46. The Morgan fingerprint density at radius 1 is 1.03 bits per heavy atom. The molecule has 0 aliphatic rings. The Balaban J connectivity index is 2.57. The van der Waals surface area contributed by atoms with E-state index < -0.39 is 48.2 Å². The summed E-state index contributed by atoms with van der Waals surface area (Å²) in [5, 5.41) is 10.3. The van der Waals surface area contributed by atoms with Crippen LogP contribution in [0.25, 0.3) is 0 Å². The zero-order chi connectivity index (χ0) is 26.4. The Morgan fingerprint density at radius 2 is 1.54 bits per heavy atom. The molecule has 0 unspecified atom stereocenters. The molecule has 11 heteroatoms. The van der Waals surface area contributed by atoms with Crippen LogP contribution < -0.4 is 0 Å². The van der Waals surface area contributed by atoms with E-state index in [-0.39, 0.29) is 12.1 Å². The van der Waals surface area contributed by atoms with Crippen LogP contribution in [0.2, 0.25) is 0 Å². The standard InChI is InChI=1S/C24H31NO8S2/c1-17(2)21(26)23(32-4)24(27)33-22(20-14-10-7-11-15-20)18(3)25(35(30,31)34(5,28)29)16-19-12-8-6-9-13-19/h6-15,18,21-23,26H,1,16H2,2-5H3/t18-,21-,22-,23+/m1/s1. The molecular formula is C24H31NO8S2. The van der Waals surface area contributed by atoms with Gasteiger partial charge in [0.25, 0.3) is 8.87 Å². The topological polar surface area (TPSA) is 127 Å². The maximum absolute atomic E-state index is 13.1. The molecule has 192 valence electrons. The van der Waals surface area contributed by atoms with Crippen LogP contribution in [0.15, 0.2) is 72.8 Å². The molecule has 0 bridgehead atoms. The molecule has 0 aromatic heterocycles. The number of nitrogens with zero attached hydrogens (tertiary/aromatic N) is 1. The van der Waals surface area contributed by atoms with Crippen LogP contribution in [0.4, 0.5) is 0 Å². The Kier molecular flexibility index (Phi) is 9.76. The summed E-state index contributed by atoms with van der Waals surface area (Å²) >= 11 is 0. The second-order valence-corrected chi connectivity index (χ2v) is 14.0. The monoisotopic (exact) mass is 525 g/mol. The maximum Gasteiger partial charge on any atom is 0.339 e. The van der Waals surface area contributed by atoms with Crippen LogP contribution >= 0.6 is 0 Å². The van der Waals surface area contributed by atoms with E-state index in [0.29, 0.717) is 17.4 Å². The molecule has 0 spiro atoms. The van der Waals surface area contributed by atoms with Crippen LogP contribution in [0.5, 0.6) is 0 Å². The number of benzene rings is 2. The van der Waals surface area contributed by atoms with Gasteiger partial charge in [0.05, 0.1) is 12.3 Å². The minimum absolute atomic E-state index is 0.267. The second kappa shape index (κ2) is 11.9. The molecule has 0 saturated carbocycles. The molecule has 0 radical (unpaired) electrons. The summed E-state index contributed by atoms with van der Waals surface area (Å²) in [6.45, 7) is 6.31. The molecular weight excluding hydrogens is 494 g/mol. The summed E-state index contributed by atoms with van der Waals surface area (Å²) in [6.07, 6.45) is -3.39. The summed E-state index contributed by atoms with van der Waals surface area (Å²) in [7, 11) is -8.22. The number of carbonyl (C=O) groups excluding carboxylic acids is 1. The quantitative estimate of drug-likeness (QED) is 0.254. The number of aliphatic hydroxyl groups is 1. The Morgan fingerprint density at radius 3 is 2.00 bits per heavy atom. The van der Waals surface area contributed by atoms with Crippen LogP contribution in [0.3, 0.4) is 0 Å². The predicted octanol–water partition coefficient (Wildman–Crippen LogP) is 2.40. The zero-order valence-electron chi connectivity index (χ0n) is 20.1. The van der Waals surface area contributed by atoms with Crippen molar-refractivity contribution in [2.45, 2.75) is 44.7 Å². The van der Waals surface area contributed by atoms with Crippen LogP contribution in [0.1, 0.15) is 31.1 Å². The van der Waals surface area contributed by atoms with Crippen LogP contribution in [-0.2, 0) is 38.7 Å². The second-order valence-electron chi connectivity index (χ2n) is 8.15. The average molecular weight is 526 g/mol. The lowest BCUT2D eigenvalue weighted by molar-refractivity contribution is -0.169. The minimum Gasteiger partial charge on any atom is -0.454 e. The molecule has 0 saturated heterocycles. The van der Waals surface area contributed by atoms with Crippen molar-refractivity contribution in [1.29, 1.82) is 0 Å². The molecule has 2 aromatic carbocycles. The van der Waals surface area contributed by atoms with Gasteiger partial charge in [0.2, 0.25) is 0 Å². The minimum atomic E-state index is -4.86. The van der Waals surface area contributed by atoms with E-state index in [1.165, 1.54) is 21.0 Å². The third kappa shape index (κ3) is 6.98. The van der Waals surface area contributed by atoms with Gasteiger partial charge in [-0.1, -0.05) is 67.2 Å². The molecule has 9 nitrogen and oxygen atoms in total. The molecule has 2 aromatic rings. The molecule has 0 aliphatic heterocycles. The smallest absolute Gasteiger partial charge is 0.339 e. The molecule has 0 amide bonds. The van der Waals surface area contributed by atoms with Crippen molar-refractivity contribution in [3.63, 3.8) is 0 Å². The van der Waals surface area contributed by atoms with E-state index in [1.807, 2.05) is 0 Å². The normalized spacial score (nSPS) is 15.7. The van der Waals surface area contributed by atoms with Gasteiger partial charge in [0.1, 0.15) is 12.2 Å². The van der Waals surface area contributed by atoms with Gasteiger partial charge in [0.15, 0.2) is 6.10 Å². The Labute approximate surface area is 206 Å². The van der Waals surface area contributed by atoms with Gasteiger partial charge in [0, 0.05) is 13.7 Å². The molecule has 0 aliphatic carbocycles. The fourth-order valence-corrected chi connectivity index (χ4v) is 6.19. The van der Waals surface area contributed by atoms with Gasteiger partial charge < -0.3 is 14.6 Å². The van der Waals surface area contributed by atoms with E-state index in [9.17, 15) is 26.7 Å². The van der Waals surface area contributed by atoms with Crippen molar-refractivity contribution in [3.8, 4) is 0 Å². The number of esters is 1. The molecule has 0 fully saturated rings. The van der Waals surface area contributed by atoms with Crippen molar-refractivity contribution < 1.29 is 36.2 Å². The lowest BCUT2D eigenvalue weighted by atomic mass is 10.0. The van der Waals surface area contributed by atoms with Crippen molar-refractivity contribution in [1.82, 2.24) is 4.31 Å². The van der Waals surface area contributed by atoms with Crippen molar-refractivity contribution in [2.24, 2.45) is 0 Å². The van der Waals surface area contributed by atoms with Crippen molar-refractivity contribution in [2.75, 3.05) is 13.4 Å². The van der Waals surface area contributed by atoms with Gasteiger partial charge in [-0.15, -0.1) is 0 Å². The van der Waals surface area contributed by atoms with Gasteiger partial charge in [-0.3, -0.25) is 0 Å². The summed E-state index contributed by atoms with van der Waals surface area (Å²) in [5.41, 5.74) is 1.23. The molecule has 2 rings (SSSR count). The van der Waals surface area contributed by atoms with E-state index in [0.717, 1.165) is 4.31 Å². The molecule has 0 heterocycles. The first kappa shape index (κ1) is 28.7. The van der Waals surface area contributed by atoms with E-state index >= 15 is 0 Å². The number of methoxy groups -OCH3 is 1. The lowest BCUT2D eigenvalue weighted by Gasteiger charge is -2.34. The first-order valence-corrected chi connectivity index (χ1v) is 14.5. The number of rotatable bonds is 12. The fourth-order valence-electron chi connectivity index (χ4n) is 3.41. The molecule has 1 N–H and O–H groups in total. The first-order chi connectivity index (χ1) is 16.3. The number of ether oxygens (including phenoxy) is 2. The summed E-state index contributed by atoms with van der Waals surface area (Å²) in [5.74, 6) is -0.958. The fraction of sp³-hybridized carbons (Fsp3) is 0.375. The average Bonchev–Trinajstić information content (AvgIpc) is 2.81. The number of aliphatic hydroxyl groups excluding tert-OH is 1. The predicted molar refractivity (Wildman–Crippen MR) is 132 cm³/mol. The highest BCUT2D eigenvalue weighted by atomic mass is 33.2. The SMILES string of the molecule is C=C(C)[C@@H](O)[C@H](OC)C(=O)O[C@@H](c1ccccc1)[C@@H](C)N(Cc1ccccc1)S(=O)(=O)S(C)(=O)=O. The highest BCUT2D eigenvalue weighted by Gasteiger charge is 2.42. The van der Waals surface area contributed by atoms with E-state index in [2.05, 4.69) is 6.58 Å². The maximum atomic E-state index is 13.1. The first-order valence-electron chi connectivity index (χ1n) is 10.7. The largest absolute Gasteiger partial charge is 0.454 e. The third-order valence-corrected chi connectivity index (χ3v) is 10.1. The van der Waals surface area contributed by atoms with Gasteiger partial charge >= 0.3 is 15.0 Å². The summed E-state index contributed by atoms with van der Waals surface area (Å²) < 4.78 is 62.4. The Hall–Kier alpha value is -2.57. The third-order valence-electron chi connectivity index (χ3n) is 5.39. The van der Waals surface area contributed by atoms with Gasteiger partial charge in [-0.2, -0.15) is 12.7 Å². The van der Waals surface area contributed by atoms with Crippen molar-refractivity contribution in [3.05, 3.63) is 83.9 Å². The Bertz CT molecular complexity index is 1210. The zero-order valence-corrected chi connectivity index (χ0v) is 21.7. The number of hydrogen-bond acceptors (Lipinski definition) is 8. The number of hydrogen-bond donors (Lipinski definition) is 1. The summed E-state index contributed by atoms with van der Waals surface area (Å²) in [6, 6.07) is 15.6. The van der Waals surface area contributed by atoms with Crippen LogP contribution in [-0.4, -0.2) is 63.8 Å². The van der Waals surface area contributed by atoms with Crippen molar-refractivity contribution >= 4 is 23.9 Å². The van der Waals surface area contributed by atoms with E-state index in [1.54, 1.807) is 60.7 Å². The molecule has 35 heavy (non-hydrogen) atoms. The number of carbonyl (C=O) groups is 1. The van der Waals surface area contributed by atoms with E-state index in [4.69, 9.17) is 9.47 Å². The van der Waals surface area contributed by atoms with Gasteiger partial charge in [-0.25, -0.2) is 13.2 Å². The highest BCUT2D eigenvalue weighted by Crippen LogP contribution is 2.30. The van der Waals surface area contributed by atoms with Gasteiger partial charge in [-0.05, 0) is 30.5 Å². The van der Waals surface area contributed by atoms with Crippen LogP contribution in [0, 0.1) is 0 Å². The summed E-state index contributed by atoms with van der Waals surface area (Å²) in [4.78, 5) is 13.0.